The van der Waals surface area contributed by atoms with Crippen LogP contribution in [0.25, 0.3) is 0 Å². The van der Waals surface area contributed by atoms with Crippen LogP contribution in [0.2, 0.25) is 0 Å². The SMILES string of the molecule is CCCCCCCCCCCn1sccc1=O. The summed E-state index contributed by atoms with van der Waals surface area (Å²) in [4.78, 5) is 11.3. The van der Waals surface area contributed by atoms with Crippen molar-refractivity contribution in [3.8, 4) is 0 Å². The van der Waals surface area contributed by atoms with Crippen molar-refractivity contribution in [3.63, 3.8) is 0 Å². The third-order valence-electron chi connectivity index (χ3n) is 3.11. The lowest BCUT2D eigenvalue weighted by Crippen LogP contribution is -2.11. The van der Waals surface area contributed by atoms with E-state index in [1.165, 1.54) is 62.9 Å². The van der Waals surface area contributed by atoms with E-state index >= 15 is 0 Å². The highest BCUT2D eigenvalue weighted by Crippen LogP contribution is 2.10. The van der Waals surface area contributed by atoms with Crippen molar-refractivity contribution in [2.24, 2.45) is 0 Å². The van der Waals surface area contributed by atoms with Crippen molar-refractivity contribution in [1.82, 2.24) is 3.96 Å². The molecule has 0 bridgehead atoms. The van der Waals surface area contributed by atoms with E-state index in [9.17, 15) is 4.79 Å². The topological polar surface area (TPSA) is 22.0 Å². The van der Waals surface area contributed by atoms with Crippen LogP contribution in [-0.2, 0) is 6.54 Å². The van der Waals surface area contributed by atoms with Gasteiger partial charge in [-0.15, -0.1) is 0 Å². The fourth-order valence-electron chi connectivity index (χ4n) is 2.03. The Balaban J connectivity index is 1.88. The molecule has 0 saturated carbocycles. The van der Waals surface area contributed by atoms with Gasteiger partial charge >= 0.3 is 0 Å². The molecule has 0 aliphatic carbocycles. The predicted octanol–water partition coefficient (Wildman–Crippen LogP) is 4.44. The molecule has 0 aliphatic heterocycles. The minimum absolute atomic E-state index is 0.162. The Hall–Kier alpha value is -0.570. The van der Waals surface area contributed by atoms with Crippen molar-refractivity contribution < 1.29 is 0 Å². The van der Waals surface area contributed by atoms with E-state index in [0.717, 1.165) is 13.0 Å². The first kappa shape index (κ1) is 14.5. The van der Waals surface area contributed by atoms with Gasteiger partial charge in [0.1, 0.15) is 0 Å². The summed E-state index contributed by atoms with van der Waals surface area (Å²) in [6, 6.07) is 1.65. The van der Waals surface area contributed by atoms with Crippen molar-refractivity contribution in [1.29, 1.82) is 0 Å². The first-order chi connectivity index (χ1) is 8.34. The van der Waals surface area contributed by atoms with Crippen LogP contribution in [0.3, 0.4) is 0 Å². The third-order valence-corrected chi connectivity index (χ3v) is 3.98. The minimum atomic E-state index is 0.162. The molecule has 0 aromatic carbocycles. The summed E-state index contributed by atoms with van der Waals surface area (Å²) < 4.78 is 1.85. The fourth-order valence-corrected chi connectivity index (χ4v) is 2.75. The Morgan fingerprint density at radius 3 is 2.12 bits per heavy atom. The highest BCUT2D eigenvalue weighted by Gasteiger charge is 1.96. The quantitative estimate of drug-likeness (QED) is 0.566. The highest BCUT2D eigenvalue weighted by molar-refractivity contribution is 7.04. The maximum atomic E-state index is 11.3. The molecule has 17 heavy (non-hydrogen) atoms. The second-order valence-corrected chi connectivity index (χ2v) is 5.60. The second kappa shape index (κ2) is 9.46. The zero-order chi connectivity index (χ0) is 12.3. The Bertz CT molecular complexity index is 329. The summed E-state index contributed by atoms with van der Waals surface area (Å²) in [6.07, 6.45) is 12.0. The Kier molecular flexibility index (Phi) is 8.06. The first-order valence-electron chi connectivity index (χ1n) is 6.99. The van der Waals surface area contributed by atoms with E-state index in [1.807, 2.05) is 9.34 Å². The summed E-state index contributed by atoms with van der Waals surface area (Å²) in [5, 5.41) is 1.87. The molecule has 0 spiro atoms. The first-order valence-corrected chi connectivity index (χ1v) is 7.83. The molecule has 1 aromatic heterocycles. The van der Waals surface area contributed by atoms with E-state index in [4.69, 9.17) is 0 Å². The minimum Gasteiger partial charge on any atom is -0.268 e. The molecule has 0 aliphatic rings. The van der Waals surface area contributed by atoms with E-state index in [0.29, 0.717) is 0 Å². The largest absolute Gasteiger partial charge is 0.268 e. The molecule has 0 N–H and O–H groups in total. The van der Waals surface area contributed by atoms with E-state index < -0.39 is 0 Å². The van der Waals surface area contributed by atoms with Gasteiger partial charge in [0, 0.05) is 18.0 Å². The van der Waals surface area contributed by atoms with Crippen LogP contribution in [-0.4, -0.2) is 3.96 Å². The maximum Gasteiger partial charge on any atom is 0.260 e. The molecule has 2 nitrogen and oxygen atoms in total. The van der Waals surface area contributed by atoms with Gasteiger partial charge in [0.15, 0.2) is 0 Å². The van der Waals surface area contributed by atoms with Gasteiger partial charge in [-0.25, -0.2) is 0 Å². The van der Waals surface area contributed by atoms with Gasteiger partial charge in [-0.05, 0) is 6.42 Å². The van der Waals surface area contributed by atoms with Gasteiger partial charge in [-0.1, -0.05) is 69.8 Å². The van der Waals surface area contributed by atoms with Crippen LogP contribution in [0.4, 0.5) is 0 Å². The normalized spacial score (nSPS) is 10.9. The molecule has 1 heterocycles. The van der Waals surface area contributed by atoms with E-state index in [2.05, 4.69) is 6.92 Å². The molecule has 3 heteroatoms. The van der Waals surface area contributed by atoms with Crippen LogP contribution >= 0.6 is 11.5 Å². The zero-order valence-electron chi connectivity index (χ0n) is 11.0. The summed E-state index contributed by atoms with van der Waals surface area (Å²) in [6.45, 7) is 3.17. The average molecular weight is 255 g/mol. The number of aryl methyl sites for hydroxylation is 1. The van der Waals surface area contributed by atoms with Gasteiger partial charge in [-0.2, -0.15) is 0 Å². The lowest BCUT2D eigenvalue weighted by molar-refractivity contribution is 0.545. The van der Waals surface area contributed by atoms with Crippen LogP contribution in [0.5, 0.6) is 0 Å². The van der Waals surface area contributed by atoms with Gasteiger partial charge < -0.3 is 0 Å². The molecule has 0 unspecified atom stereocenters. The summed E-state index contributed by atoms with van der Waals surface area (Å²) in [7, 11) is 0. The number of nitrogens with zero attached hydrogens (tertiary/aromatic N) is 1. The van der Waals surface area contributed by atoms with Crippen molar-refractivity contribution in [2.75, 3.05) is 0 Å². The van der Waals surface area contributed by atoms with Gasteiger partial charge in [-0.3, -0.25) is 8.75 Å². The Morgan fingerprint density at radius 2 is 1.59 bits per heavy atom. The lowest BCUT2D eigenvalue weighted by atomic mass is 10.1. The van der Waals surface area contributed by atoms with Gasteiger partial charge in [0.05, 0.1) is 0 Å². The van der Waals surface area contributed by atoms with Crippen molar-refractivity contribution in [3.05, 3.63) is 21.8 Å². The molecule has 0 amide bonds. The molecule has 0 fully saturated rings. The Morgan fingerprint density at radius 1 is 1.00 bits per heavy atom. The molecular weight excluding hydrogens is 230 g/mol. The van der Waals surface area contributed by atoms with Gasteiger partial charge in [0.2, 0.25) is 0 Å². The van der Waals surface area contributed by atoms with Gasteiger partial charge in [0.25, 0.3) is 5.56 Å². The molecule has 98 valence electrons. The third kappa shape index (κ3) is 6.67. The smallest absolute Gasteiger partial charge is 0.260 e. The number of hydrogen-bond donors (Lipinski definition) is 0. The van der Waals surface area contributed by atoms with Crippen LogP contribution < -0.4 is 5.56 Å². The van der Waals surface area contributed by atoms with Crippen LogP contribution in [0, 0.1) is 0 Å². The number of unbranched alkanes of at least 4 members (excludes halogenated alkanes) is 8. The Labute approximate surface area is 109 Å². The standard InChI is InChI=1S/C14H25NOS/c1-2-3-4-5-6-7-8-9-10-12-15-14(16)11-13-17-15/h11,13H,2-10,12H2,1H3. The molecule has 0 radical (unpaired) electrons. The van der Waals surface area contributed by atoms with E-state index in [1.54, 1.807) is 6.07 Å². The summed E-state index contributed by atoms with van der Waals surface area (Å²) >= 11 is 1.53. The lowest BCUT2D eigenvalue weighted by Gasteiger charge is -2.02. The molecule has 1 rings (SSSR count). The monoisotopic (exact) mass is 255 g/mol. The molecule has 1 aromatic rings. The van der Waals surface area contributed by atoms with Crippen LogP contribution in [0.15, 0.2) is 16.2 Å². The van der Waals surface area contributed by atoms with Crippen molar-refractivity contribution >= 4 is 11.5 Å². The van der Waals surface area contributed by atoms with Crippen molar-refractivity contribution in [2.45, 2.75) is 71.3 Å². The predicted molar refractivity (Wildman–Crippen MR) is 75.8 cm³/mol. The second-order valence-electron chi connectivity index (χ2n) is 4.68. The molecular formula is C14H25NOS. The highest BCUT2D eigenvalue weighted by atomic mass is 32.1. The maximum absolute atomic E-state index is 11.3. The van der Waals surface area contributed by atoms with E-state index in [-0.39, 0.29) is 5.56 Å². The average Bonchev–Trinajstić information content (AvgIpc) is 2.73. The number of rotatable bonds is 10. The number of hydrogen-bond acceptors (Lipinski definition) is 2. The fraction of sp³-hybridized carbons (Fsp3) is 0.786. The molecule has 0 atom stereocenters. The number of aromatic nitrogens is 1. The molecule has 0 saturated heterocycles. The summed E-state index contributed by atoms with van der Waals surface area (Å²) in [5.41, 5.74) is 0.162. The van der Waals surface area contributed by atoms with Crippen LogP contribution in [0.1, 0.15) is 64.7 Å². The zero-order valence-corrected chi connectivity index (χ0v) is 11.8. The summed E-state index contributed by atoms with van der Waals surface area (Å²) in [5.74, 6) is 0.